The molecule has 0 fully saturated rings. The molecule has 4 nitrogen and oxygen atoms in total. The highest BCUT2D eigenvalue weighted by molar-refractivity contribution is 5.94. The zero-order chi connectivity index (χ0) is 17.6. The number of fused-ring (bicyclic) bond motifs is 1. The third-order valence-corrected chi connectivity index (χ3v) is 4.09. The monoisotopic (exact) mass is 339 g/mol. The fraction of sp³-hybridized carbons (Fsp3) is 0.250. The summed E-state index contributed by atoms with van der Waals surface area (Å²) in [5.74, 6) is 0.531. The number of ether oxygens (including phenoxy) is 1. The van der Waals surface area contributed by atoms with Crippen molar-refractivity contribution in [2.45, 2.75) is 6.42 Å². The molecule has 3 aromatic rings. The van der Waals surface area contributed by atoms with E-state index < -0.39 is 0 Å². The SMILES string of the molecule is CNCCCNc1cc(-c2ccc(OC)cc2)nc2cccc(F)c12. The Bertz CT molecular complexity index is 849. The largest absolute Gasteiger partial charge is 0.497 e. The van der Waals surface area contributed by atoms with Gasteiger partial charge in [-0.1, -0.05) is 6.07 Å². The van der Waals surface area contributed by atoms with E-state index in [4.69, 9.17) is 4.74 Å². The number of benzene rings is 2. The van der Waals surface area contributed by atoms with E-state index >= 15 is 0 Å². The minimum Gasteiger partial charge on any atom is -0.497 e. The molecule has 130 valence electrons. The number of anilines is 1. The minimum absolute atomic E-state index is 0.262. The molecule has 0 saturated carbocycles. The molecule has 0 unspecified atom stereocenters. The van der Waals surface area contributed by atoms with E-state index in [0.717, 1.165) is 42.2 Å². The van der Waals surface area contributed by atoms with Crippen LogP contribution in [0.1, 0.15) is 6.42 Å². The topological polar surface area (TPSA) is 46.2 Å². The van der Waals surface area contributed by atoms with Gasteiger partial charge in [0, 0.05) is 17.8 Å². The Balaban J connectivity index is 2.01. The van der Waals surface area contributed by atoms with Gasteiger partial charge in [0.05, 0.1) is 23.7 Å². The Morgan fingerprint density at radius 2 is 1.88 bits per heavy atom. The van der Waals surface area contributed by atoms with Crippen LogP contribution in [-0.4, -0.2) is 32.2 Å². The van der Waals surface area contributed by atoms with Crippen LogP contribution in [0, 0.1) is 5.82 Å². The number of rotatable bonds is 7. The van der Waals surface area contributed by atoms with Crippen LogP contribution in [0.25, 0.3) is 22.2 Å². The van der Waals surface area contributed by atoms with E-state index in [2.05, 4.69) is 15.6 Å². The van der Waals surface area contributed by atoms with Crippen molar-refractivity contribution in [1.29, 1.82) is 0 Å². The first-order chi connectivity index (χ1) is 12.2. The third kappa shape index (κ3) is 3.88. The molecule has 25 heavy (non-hydrogen) atoms. The molecule has 3 rings (SSSR count). The highest BCUT2D eigenvalue weighted by Crippen LogP contribution is 2.30. The zero-order valence-electron chi connectivity index (χ0n) is 14.5. The van der Waals surface area contributed by atoms with E-state index in [1.54, 1.807) is 13.2 Å². The van der Waals surface area contributed by atoms with Crippen molar-refractivity contribution >= 4 is 16.6 Å². The first-order valence-electron chi connectivity index (χ1n) is 8.35. The fourth-order valence-corrected chi connectivity index (χ4v) is 2.78. The fourth-order valence-electron chi connectivity index (χ4n) is 2.78. The van der Waals surface area contributed by atoms with Crippen LogP contribution in [0.3, 0.4) is 0 Å². The lowest BCUT2D eigenvalue weighted by Gasteiger charge is -2.13. The average Bonchev–Trinajstić information content (AvgIpc) is 2.65. The quantitative estimate of drug-likeness (QED) is 0.637. The van der Waals surface area contributed by atoms with Gasteiger partial charge in [-0.2, -0.15) is 0 Å². The third-order valence-electron chi connectivity index (χ3n) is 4.09. The molecule has 0 amide bonds. The molecule has 0 aliphatic carbocycles. The molecule has 0 spiro atoms. The number of aromatic nitrogens is 1. The summed E-state index contributed by atoms with van der Waals surface area (Å²) in [7, 11) is 3.56. The lowest BCUT2D eigenvalue weighted by molar-refractivity contribution is 0.415. The number of pyridine rings is 1. The maximum absolute atomic E-state index is 14.3. The van der Waals surface area contributed by atoms with Crippen molar-refractivity contribution in [3.05, 3.63) is 54.3 Å². The molecule has 1 aromatic heterocycles. The number of halogens is 1. The van der Waals surface area contributed by atoms with Gasteiger partial charge >= 0.3 is 0 Å². The highest BCUT2D eigenvalue weighted by Gasteiger charge is 2.11. The molecule has 2 N–H and O–H groups in total. The normalized spacial score (nSPS) is 10.8. The number of hydrogen-bond acceptors (Lipinski definition) is 4. The maximum Gasteiger partial charge on any atom is 0.134 e. The molecule has 0 aliphatic rings. The van der Waals surface area contributed by atoms with Crippen molar-refractivity contribution in [1.82, 2.24) is 10.3 Å². The zero-order valence-corrected chi connectivity index (χ0v) is 14.5. The lowest BCUT2D eigenvalue weighted by atomic mass is 10.1. The Labute approximate surface area is 147 Å². The van der Waals surface area contributed by atoms with Gasteiger partial charge in [-0.15, -0.1) is 0 Å². The summed E-state index contributed by atoms with van der Waals surface area (Å²) in [5.41, 5.74) is 3.18. The number of nitrogens with one attached hydrogen (secondary N) is 2. The maximum atomic E-state index is 14.3. The van der Waals surface area contributed by atoms with Crippen LogP contribution in [-0.2, 0) is 0 Å². The van der Waals surface area contributed by atoms with Crippen molar-refractivity contribution in [3.63, 3.8) is 0 Å². The van der Waals surface area contributed by atoms with Gasteiger partial charge in [0.1, 0.15) is 11.6 Å². The summed E-state index contributed by atoms with van der Waals surface area (Å²) in [6, 6.07) is 14.6. The minimum atomic E-state index is -0.262. The van der Waals surface area contributed by atoms with Gasteiger partial charge in [-0.05, 0) is 62.5 Å². The Morgan fingerprint density at radius 1 is 1.08 bits per heavy atom. The second kappa shape index (κ2) is 7.94. The van der Waals surface area contributed by atoms with E-state index in [9.17, 15) is 4.39 Å². The van der Waals surface area contributed by atoms with E-state index in [1.807, 2.05) is 43.4 Å². The summed E-state index contributed by atoms with van der Waals surface area (Å²) in [4.78, 5) is 4.63. The van der Waals surface area contributed by atoms with Gasteiger partial charge in [-0.25, -0.2) is 9.37 Å². The predicted molar refractivity (Wildman–Crippen MR) is 101 cm³/mol. The average molecular weight is 339 g/mol. The molecule has 5 heteroatoms. The smallest absolute Gasteiger partial charge is 0.134 e. The van der Waals surface area contributed by atoms with Crippen LogP contribution in [0.15, 0.2) is 48.5 Å². The van der Waals surface area contributed by atoms with Gasteiger partial charge in [0.25, 0.3) is 0 Å². The predicted octanol–water partition coefficient (Wildman–Crippen LogP) is 4.07. The summed E-state index contributed by atoms with van der Waals surface area (Å²) in [6.45, 7) is 1.67. The van der Waals surface area contributed by atoms with E-state index in [0.29, 0.717) is 10.9 Å². The lowest BCUT2D eigenvalue weighted by Crippen LogP contribution is -2.13. The molecule has 0 bridgehead atoms. The summed E-state index contributed by atoms with van der Waals surface area (Å²) in [6.07, 6.45) is 0.951. The number of hydrogen-bond donors (Lipinski definition) is 2. The summed E-state index contributed by atoms with van der Waals surface area (Å²) < 4.78 is 19.5. The second-order valence-corrected chi connectivity index (χ2v) is 5.80. The summed E-state index contributed by atoms with van der Waals surface area (Å²) >= 11 is 0. The van der Waals surface area contributed by atoms with Gasteiger partial charge in [0.2, 0.25) is 0 Å². The molecule has 0 aliphatic heterocycles. The van der Waals surface area contributed by atoms with Crippen LogP contribution >= 0.6 is 0 Å². The number of nitrogens with zero attached hydrogens (tertiary/aromatic N) is 1. The molecular formula is C20H22FN3O. The highest BCUT2D eigenvalue weighted by atomic mass is 19.1. The standard InChI is InChI=1S/C20H22FN3O/c1-22-11-4-12-23-19-13-18(14-7-9-15(25-2)10-8-14)24-17-6-3-5-16(21)20(17)19/h3,5-10,13,22H,4,11-12H2,1-2H3,(H,23,24). The Kier molecular flexibility index (Phi) is 5.46. The summed E-state index contributed by atoms with van der Waals surface area (Å²) in [5, 5.41) is 7.00. The van der Waals surface area contributed by atoms with Crippen LogP contribution in [0.5, 0.6) is 5.75 Å². The molecular weight excluding hydrogens is 317 g/mol. The van der Waals surface area contributed by atoms with Crippen molar-refractivity contribution < 1.29 is 9.13 Å². The Hall–Kier alpha value is -2.66. The van der Waals surface area contributed by atoms with Crippen LogP contribution < -0.4 is 15.4 Å². The molecule has 2 aromatic carbocycles. The second-order valence-electron chi connectivity index (χ2n) is 5.80. The van der Waals surface area contributed by atoms with E-state index in [1.165, 1.54) is 6.07 Å². The van der Waals surface area contributed by atoms with Crippen molar-refractivity contribution in [3.8, 4) is 17.0 Å². The van der Waals surface area contributed by atoms with Gasteiger partial charge < -0.3 is 15.4 Å². The number of methoxy groups -OCH3 is 1. The van der Waals surface area contributed by atoms with Gasteiger partial charge in [0.15, 0.2) is 0 Å². The van der Waals surface area contributed by atoms with Crippen LogP contribution in [0.2, 0.25) is 0 Å². The molecule has 0 radical (unpaired) electrons. The molecule has 1 heterocycles. The molecule has 0 saturated heterocycles. The van der Waals surface area contributed by atoms with Crippen LogP contribution in [0.4, 0.5) is 10.1 Å². The van der Waals surface area contributed by atoms with Crippen molar-refractivity contribution in [2.75, 3.05) is 32.6 Å². The molecule has 0 atom stereocenters. The first kappa shape index (κ1) is 17.2. The van der Waals surface area contributed by atoms with Crippen molar-refractivity contribution in [2.24, 2.45) is 0 Å². The van der Waals surface area contributed by atoms with E-state index in [-0.39, 0.29) is 5.82 Å². The Morgan fingerprint density at radius 3 is 2.60 bits per heavy atom. The first-order valence-corrected chi connectivity index (χ1v) is 8.35. The van der Waals surface area contributed by atoms with Gasteiger partial charge in [-0.3, -0.25) is 0 Å².